The van der Waals surface area contributed by atoms with E-state index < -0.39 is 19.4 Å². The fourth-order valence-corrected chi connectivity index (χ4v) is 12.1. The molecular weight excluding hydrogens is 526 g/mol. The highest BCUT2D eigenvalue weighted by atomic mass is 31.2. The van der Waals surface area contributed by atoms with Gasteiger partial charge < -0.3 is 9.13 Å². The minimum atomic E-state index is -3.30. The summed E-state index contributed by atoms with van der Waals surface area (Å²) >= 11 is 0. The van der Waals surface area contributed by atoms with Gasteiger partial charge in [-0.3, -0.25) is 0 Å². The SMILES string of the molecule is O=P(C1=CCC(c2ccccc2)(P(=O)(c2ccccc2)c2ccccc2)C=C1)(c1ccccc1)c1ccccc1. The fraction of sp³-hybridized carbons (Fsp3) is 0.0556. The molecule has 1 atom stereocenters. The van der Waals surface area contributed by atoms with Crippen LogP contribution < -0.4 is 21.2 Å². The molecule has 40 heavy (non-hydrogen) atoms. The Bertz CT molecular complexity index is 1660. The van der Waals surface area contributed by atoms with Crippen molar-refractivity contribution in [2.75, 3.05) is 0 Å². The standard InChI is InChI=1S/C36H30O2P2/c37-39(31-18-8-2-9-19-31,32-20-10-3-11-21-32)33-26-28-36(29-27-33,30-16-6-1-7-17-30)40(38,34-22-12-4-13-23-34)35-24-14-5-15-25-35/h1-28H,29H2. The maximum absolute atomic E-state index is 15.8. The first-order valence-corrected chi connectivity index (χ1v) is 16.9. The molecule has 6 rings (SSSR count). The van der Waals surface area contributed by atoms with Crippen LogP contribution in [-0.2, 0) is 14.3 Å². The van der Waals surface area contributed by atoms with E-state index in [1.807, 2.05) is 146 Å². The van der Waals surface area contributed by atoms with Crippen molar-refractivity contribution in [2.45, 2.75) is 11.6 Å². The van der Waals surface area contributed by atoms with Gasteiger partial charge in [-0.25, -0.2) is 0 Å². The largest absolute Gasteiger partial charge is 0.312 e. The Balaban J connectivity index is 1.58. The van der Waals surface area contributed by atoms with E-state index in [0.29, 0.717) is 6.42 Å². The van der Waals surface area contributed by atoms with Gasteiger partial charge in [0.1, 0.15) is 0 Å². The van der Waals surface area contributed by atoms with Gasteiger partial charge in [-0.2, -0.15) is 0 Å². The minimum absolute atomic E-state index is 0.452. The highest BCUT2D eigenvalue weighted by Gasteiger charge is 2.50. The molecule has 4 heteroatoms. The second-order valence-corrected chi connectivity index (χ2v) is 15.8. The van der Waals surface area contributed by atoms with Crippen LogP contribution in [0.5, 0.6) is 0 Å². The lowest BCUT2D eigenvalue weighted by atomic mass is 9.91. The average Bonchev–Trinajstić information content (AvgIpc) is 3.06. The van der Waals surface area contributed by atoms with Crippen LogP contribution in [0, 0.1) is 0 Å². The lowest BCUT2D eigenvalue weighted by molar-refractivity contribution is 0.561. The molecule has 0 heterocycles. The Morgan fingerprint density at radius 3 is 1.23 bits per heavy atom. The summed E-state index contributed by atoms with van der Waals surface area (Å²) in [5.74, 6) is 0. The summed E-state index contributed by atoms with van der Waals surface area (Å²) in [7, 11) is -6.46. The Kier molecular flexibility index (Phi) is 7.16. The third-order valence-corrected chi connectivity index (χ3v) is 14.7. The van der Waals surface area contributed by atoms with Gasteiger partial charge in [0.25, 0.3) is 0 Å². The van der Waals surface area contributed by atoms with E-state index in [0.717, 1.165) is 32.1 Å². The van der Waals surface area contributed by atoms with Crippen molar-refractivity contribution in [1.82, 2.24) is 0 Å². The second-order valence-electron chi connectivity index (χ2n) is 10.0. The molecule has 5 aromatic rings. The van der Waals surface area contributed by atoms with Gasteiger partial charge in [0.15, 0.2) is 14.3 Å². The molecular formula is C36H30O2P2. The molecule has 0 aromatic heterocycles. The summed E-state index contributed by atoms with van der Waals surface area (Å²) in [6.07, 6.45) is 6.59. The Labute approximate surface area is 236 Å². The van der Waals surface area contributed by atoms with Gasteiger partial charge in [0.2, 0.25) is 0 Å². The van der Waals surface area contributed by atoms with Crippen molar-refractivity contribution in [3.05, 3.63) is 181 Å². The van der Waals surface area contributed by atoms with Gasteiger partial charge >= 0.3 is 0 Å². The summed E-state index contributed by atoms with van der Waals surface area (Å²) < 4.78 is 31.0. The molecule has 1 aliphatic carbocycles. The van der Waals surface area contributed by atoms with Crippen LogP contribution in [0.3, 0.4) is 0 Å². The lowest BCUT2D eigenvalue weighted by Crippen LogP contribution is -2.35. The summed E-state index contributed by atoms with van der Waals surface area (Å²) in [6, 6.07) is 49.2. The van der Waals surface area contributed by atoms with Crippen LogP contribution in [0.2, 0.25) is 0 Å². The summed E-state index contributed by atoms with van der Waals surface area (Å²) in [6.45, 7) is 0. The van der Waals surface area contributed by atoms with E-state index in [4.69, 9.17) is 0 Å². The molecule has 0 radical (unpaired) electrons. The summed E-state index contributed by atoms with van der Waals surface area (Å²) in [5.41, 5.74) is 0.979. The van der Waals surface area contributed by atoms with Crippen molar-refractivity contribution in [3.8, 4) is 0 Å². The molecule has 2 nitrogen and oxygen atoms in total. The smallest absolute Gasteiger partial charge is 0.170 e. The van der Waals surface area contributed by atoms with Gasteiger partial charge in [-0.1, -0.05) is 170 Å². The molecule has 0 amide bonds. The van der Waals surface area contributed by atoms with E-state index in [9.17, 15) is 0 Å². The Morgan fingerprint density at radius 1 is 0.475 bits per heavy atom. The number of rotatable bonds is 7. The molecule has 0 saturated heterocycles. The van der Waals surface area contributed by atoms with Crippen molar-refractivity contribution in [1.29, 1.82) is 0 Å². The Hall–Kier alpha value is -3.96. The van der Waals surface area contributed by atoms with Gasteiger partial charge in [0.05, 0.1) is 5.16 Å². The molecule has 5 aromatic carbocycles. The molecule has 0 aliphatic heterocycles. The van der Waals surface area contributed by atoms with E-state index in [-0.39, 0.29) is 0 Å². The van der Waals surface area contributed by atoms with Crippen LogP contribution in [-0.4, -0.2) is 0 Å². The van der Waals surface area contributed by atoms with Crippen LogP contribution in [0.15, 0.2) is 175 Å². The molecule has 0 spiro atoms. The summed E-state index contributed by atoms with van der Waals surface area (Å²) in [4.78, 5) is 0. The zero-order valence-electron chi connectivity index (χ0n) is 22.1. The predicted molar refractivity (Wildman–Crippen MR) is 169 cm³/mol. The third kappa shape index (κ3) is 4.29. The maximum atomic E-state index is 15.8. The van der Waals surface area contributed by atoms with E-state index in [2.05, 4.69) is 24.3 Å². The number of benzene rings is 5. The van der Waals surface area contributed by atoms with Crippen LogP contribution >= 0.6 is 14.3 Å². The van der Waals surface area contributed by atoms with Crippen LogP contribution in [0.1, 0.15) is 12.0 Å². The van der Waals surface area contributed by atoms with E-state index in [1.165, 1.54) is 0 Å². The van der Waals surface area contributed by atoms with Crippen molar-refractivity contribution < 1.29 is 9.13 Å². The first-order chi connectivity index (χ1) is 19.6. The van der Waals surface area contributed by atoms with Gasteiger partial charge in [-0.05, 0) is 12.0 Å². The average molecular weight is 557 g/mol. The highest BCUT2D eigenvalue weighted by Crippen LogP contribution is 2.67. The van der Waals surface area contributed by atoms with Gasteiger partial charge in [0, 0.05) is 26.5 Å². The monoisotopic (exact) mass is 556 g/mol. The number of hydrogen-bond donors (Lipinski definition) is 0. The molecule has 196 valence electrons. The quantitative estimate of drug-likeness (QED) is 0.192. The molecule has 1 unspecified atom stereocenters. The first-order valence-electron chi connectivity index (χ1n) is 13.5. The van der Waals surface area contributed by atoms with Crippen molar-refractivity contribution in [2.24, 2.45) is 0 Å². The molecule has 0 fully saturated rings. The molecule has 0 bridgehead atoms. The summed E-state index contributed by atoms with van der Waals surface area (Å²) in [5, 5.41) is 3.11. The maximum Gasteiger partial charge on any atom is 0.170 e. The lowest BCUT2D eigenvalue weighted by Gasteiger charge is -2.41. The van der Waals surface area contributed by atoms with Crippen LogP contribution in [0.4, 0.5) is 0 Å². The number of hydrogen-bond acceptors (Lipinski definition) is 2. The fourth-order valence-electron chi connectivity index (χ4n) is 5.82. The predicted octanol–water partition coefficient (Wildman–Crippen LogP) is 7.75. The topological polar surface area (TPSA) is 34.1 Å². The number of allylic oxidation sites excluding steroid dienone is 4. The molecule has 0 saturated carbocycles. The van der Waals surface area contributed by atoms with Gasteiger partial charge in [-0.15, -0.1) is 0 Å². The highest BCUT2D eigenvalue weighted by molar-refractivity contribution is 7.82. The van der Waals surface area contributed by atoms with Crippen molar-refractivity contribution in [3.63, 3.8) is 0 Å². The third-order valence-electron chi connectivity index (χ3n) is 7.83. The zero-order chi connectivity index (χ0) is 27.5. The zero-order valence-corrected chi connectivity index (χ0v) is 23.9. The van der Waals surface area contributed by atoms with E-state index >= 15 is 9.13 Å². The second kappa shape index (κ2) is 10.9. The normalized spacial score (nSPS) is 17.2. The molecule has 1 aliphatic rings. The van der Waals surface area contributed by atoms with E-state index in [1.54, 1.807) is 0 Å². The molecule has 0 N–H and O–H groups in total. The Morgan fingerprint density at radius 2 is 0.850 bits per heavy atom. The minimum Gasteiger partial charge on any atom is -0.312 e. The van der Waals surface area contributed by atoms with Crippen molar-refractivity contribution >= 4 is 35.5 Å². The first kappa shape index (κ1) is 26.3. The van der Waals surface area contributed by atoms with Crippen LogP contribution in [0.25, 0.3) is 0 Å².